The molecule has 0 amide bonds. The van der Waals surface area contributed by atoms with Crippen molar-refractivity contribution in [2.45, 2.75) is 6.61 Å². The van der Waals surface area contributed by atoms with Gasteiger partial charge in [-0.1, -0.05) is 18.2 Å². The summed E-state index contributed by atoms with van der Waals surface area (Å²) in [4.78, 5) is 32.7. The van der Waals surface area contributed by atoms with Crippen molar-refractivity contribution in [1.29, 1.82) is 0 Å². The lowest BCUT2D eigenvalue weighted by Crippen LogP contribution is -2.27. The van der Waals surface area contributed by atoms with Crippen molar-refractivity contribution in [2.75, 3.05) is 41.3 Å². The van der Waals surface area contributed by atoms with Crippen molar-refractivity contribution in [1.82, 2.24) is 9.55 Å². The number of hydrogen-bond acceptors (Lipinski definition) is 10. The van der Waals surface area contributed by atoms with Crippen LogP contribution >= 0.6 is 0 Å². The van der Waals surface area contributed by atoms with Crippen LogP contribution in [-0.4, -0.2) is 51.1 Å². The predicted octanol–water partition coefficient (Wildman–Crippen LogP) is 6.19. The molecule has 0 radical (unpaired) electrons. The molecule has 0 fully saturated rings. The molecule has 2 heterocycles. The smallest absolute Gasteiger partial charge is 0.355 e. The quantitative estimate of drug-likeness (QED) is 0.136. The van der Waals surface area contributed by atoms with Crippen molar-refractivity contribution in [2.24, 2.45) is 0 Å². The van der Waals surface area contributed by atoms with Gasteiger partial charge in [-0.25, -0.2) is 4.79 Å². The zero-order valence-electron chi connectivity index (χ0n) is 27.0. The number of hydrogen-bond donors (Lipinski definition) is 1. The number of nitrogen functional groups attached to an aromatic ring is 1. The first-order chi connectivity index (χ1) is 23.3. The number of para-hydroxylation sites is 1. The number of benzene rings is 4. The minimum atomic E-state index is -0.751. The highest BCUT2D eigenvalue weighted by atomic mass is 16.5. The van der Waals surface area contributed by atoms with Gasteiger partial charge in [0.15, 0.2) is 23.0 Å². The number of anilines is 1. The standard InChI is InChI=1S/C37H33N3O8/c1-43-29-18-26-27(19-30(29)48-20-21-14-15-39-28-9-7-6-8-25(21)28)36(41)40(24-12-10-23(38)11-13-24)34(37(42)47-5)33(26)22-16-31(44-2)35(46-4)32(17-22)45-3/h6-19H,20,38H2,1-5H3. The summed E-state index contributed by atoms with van der Waals surface area (Å²) in [6.45, 7) is 0.178. The summed E-state index contributed by atoms with van der Waals surface area (Å²) in [6.07, 6.45) is 1.72. The highest BCUT2D eigenvalue weighted by molar-refractivity contribution is 6.08. The number of ether oxygens (including phenoxy) is 6. The molecular weight excluding hydrogens is 614 g/mol. The Bertz CT molecular complexity index is 2200. The molecular formula is C37H33N3O8. The fourth-order valence-corrected chi connectivity index (χ4v) is 5.79. The van der Waals surface area contributed by atoms with Gasteiger partial charge in [0.2, 0.25) is 5.75 Å². The van der Waals surface area contributed by atoms with Gasteiger partial charge < -0.3 is 34.2 Å². The van der Waals surface area contributed by atoms with Gasteiger partial charge in [0.25, 0.3) is 5.56 Å². The Hall–Kier alpha value is -6.23. The molecule has 2 N–H and O–H groups in total. The normalized spacial score (nSPS) is 10.9. The molecule has 48 heavy (non-hydrogen) atoms. The topological polar surface area (TPSA) is 133 Å². The maximum absolute atomic E-state index is 14.5. The Balaban J connectivity index is 1.67. The molecule has 0 bridgehead atoms. The van der Waals surface area contributed by atoms with Crippen molar-refractivity contribution < 1.29 is 33.2 Å². The van der Waals surface area contributed by atoms with Gasteiger partial charge in [-0.2, -0.15) is 0 Å². The summed E-state index contributed by atoms with van der Waals surface area (Å²) in [5, 5.41) is 1.59. The number of pyridine rings is 2. The molecule has 0 saturated carbocycles. The molecule has 0 unspecified atom stereocenters. The van der Waals surface area contributed by atoms with E-state index < -0.39 is 11.5 Å². The SMILES string of the molecule is COC(=O)c1c(-c2cc(OC)c(OC)c(OC)c2)c2cc(OC)c(OCc3ccnc4ccccc34)cc2c(=O)n1-c1ccc(N)cc1. The molecule has 11 nitrogen and oxygen atoms in total. The maximum Gasteiger partial charge on any atom is 0.355 e. The average Bonchev–Trinajstić information content (AvgIpc) is 3.13. The van der Waals surface area contributed by atoms with Gasteiger partial charge in [-0.05, 0) is 66.2 Å². The second kappa shape index (κ2) is 13.2. The third-order valence-corrected chi connectivity index (χ3v) is 8.07. The summed E-state index contributed by atoms with van der Waals surface area (Å²) in [5.41, 5.74) is 8.92. The van der Waals surface area contributed by atoms with Crippen LogP contribution in [0.1, 0.15) is 16.1 Å². The Morgan fingerprint density at radius 3 is 2.06 bits per heavy atom. The second-order valence-corrected chi connectivity index (χ2v) is 10.7. The number of nitrogens with two attached hydrogens (primary N) is 1. The van der Waals surface area contributed by atoms with E-state index in [4.69, 9.17) is 34.2 Å². The molecule has 0 aliphatic rings. The Kier molecular flexibility index (Phi) is 8.76. The van der Waals surface area contributed by atoms with Crippen LogP contribution in [0.4, 0.5) is 5.69 Å². The monoisotopic (exact) mass is 647 g/mol. The Morgan fingerprint density at radius 2 is 1.42 bits per heavy atom. The molecule has 6 rings (SSSR count). The molecule has 11 heteroatoms. The van der Waals surface area contributed by atoms with Gasteiger partial charge in [-0.3, -0.25) is 14.3 Å². The van der Waals surface area contributed by atoms with E-state index >= 15 is 0 Å². The van der Waals surface area contributed by atoms with E-state index in [1.54, 1.807) is 54.7 Å². The van der Waals surface area contributed by atoms with Crippen molar-refractivity contribution in [3.63, 3.8) is 0 Å². The van der Waals surface area contributed by atoms with E-state index in [1.165, 1.54) is 40.1 Å². The van der Waals surface area contributed by atoms with Crippen LogP contribution in [0.5, 0.6) is 28.7 Å². The first kappa shape index (κ1) is 31.7. The maximum atomic E-state index is 14.5. The van der Waals surface area contributed by atoms with E-state index in [2.05, 4.69) is 4.98 Å². The number of rotatable bonds is 10. The van der Waals surface area contributed by atoms with Crippen LogP contribution in [0.15, 0.2) is 89.9 Å². The summed E-state index contributed by atoms with van der Waals surface area (Å²) < 4.78 is 35.6. The summed E-state index contributed by atoms with van der Waals surface area (Å²) >= 11 is 0. The van der Waals surface area contributed by atoms with Crippen LogP contribution in [0, 0.1) is 0 Å². The zero-order chi connectivity index (χ0) is 33.9. The third-order valence-electron chi connectivity index (χ3n) is 8.07. The average molecular weight is 648 g/mol. The van der Waals surface area contributed by atoms with Crippen LogP contribution in [-0.2, 0) is 11.3 Å². The minimum absolute atomic E-state index is 0.0342. The van der Waals surface area contributed by atoms with Crippen LogP contribution in [0.25, 0.3) is 38.5 Å². The molecule has 0 aliphatic heterocycles. The van der Waals surface area contributed by atoms with Gasteiger partial charge in [0.1, 0.15) is 12.3 Å². The lowest BCUT2D eigenvalue weighted by Gasteiger charge is -2.21. The minimum Gasteiger partial charge on any atom is -0.493 e. The number of carbonyl (C=O) groups is 1. The van der Waals surface area contributed by atoms with Crippen LogP contribution in [0.3, 0.4) is 0 Å². The number of nitrogens with zero attached hydrogens (tertiary/aromatic N) is 2. The number of esters is 1. The molecule has 0 saturated heterocycles. The molecule has 0 spiro atoms. The predicted molar refractivity (Wildman–Crippen MR) is 183 cm³/mol. The molecule has 2 aromatic heterocycles. The second-order valence-electron chi connectivity index (χ2n) is 10.7. The summed E-state index contributed by atoms with van der Waals surface area (Å²) in [5.74, 6) is 0.966. The van der Waals surface area contributed by atoms with Gasteiger partial charge in [0.05, 0.1) is 46.5 Å². The molecule has 0 aliphatic carbocycles. The Morgan fingerprint density at radius 1 is 0.750 bits per heavy atom. The van der Waals surface area contributed by atoms with E-state index in [0.29, 0.717) is 56.6 Å². The van der Waals surface area contributed by atoms with E-state index in [-0.39, 0.29) is 17.7 Å². The van der Waals surface area contributed by atoms with Gasteiger partial charge >= 0.3 is 5.97 Å². The largest absolute Gasteiger partial charge is 0.493 e. The number of methoxy groups -OCH3 is 5. The number of carbonyl (C=O) groups excluding carboxylic acids is 1. The van der Waals surface area contributed by atoms with Crippen molar-refractivity contribution >= 4 is 33.3 Å². The van der Waals surface area contributed by atoms with Gasteiger partial charge in [0, 0.05) is 39.5 Å². The number of aromatic nitrogens is 2. The first-order valence-electron chi connectivity index (χ1n) is 14.8. The molecule has 4 aromatic carbocycles. The van der Waals surface area contributed by atoms with Crippen molar-refractivity contribution in [3.05, 3.63) is 107 Å². The lowest BCUT2D eigenvalue weighted by molar-refractivity contribution is 0.0591. The first-order valence-corrected chi connectivity index (χ1v) is 14.8. The molecule has 0 atom stereocenters. The lowest BCUT2D eigenvalue weighted by atomic mass is 9.95. The van der Waals surface area contributed by atoms with Crippen LogP contribution < -0.4 is 35.0 Å². The highest BCUT2D eigenvalue weighted by Gasteiger charge is 2.28. The molecule has 244 valence electrons. The third kappa shape index (κ3) is 5.55. The zero-order valence-corrected chi connectivity index (χ0v) is 27.0. The van der Waals surface area contributed by atoms with Crippen LogP contribution in [0.2, 0.25) is 0 Å². The fourth-order valence-electron chi connectivity index (χ4n) is 5.79. The van der Waals surface area contributed by atoms with E-state index in [0.717, 1.165) is 16.5 Å². The van der Waals surface area contributed by atoms with E-state index in [9.17, 15) is 9.59 Å². The summed E-state index contributed by atoms with van der Waals surface area (Å²) in [7, 11) is 7.25. The molecule has 6 aromatic rings. The number of fused-ring (bicyclic) bond motifs is 2. The Labute approximate surface area is 276 Å². The summed E-state index contributed by atoms with van der Waals surface area (Å²) in [6, 6.07) is 23.0. The van der Waals surface area contributed by atoms with Gasteiger partial charge in [-0.15, -0.1) is 0 Å². The highest BCUT2D eigenvalue weighted by Crippen LogP contribution is 2.45. The fraction of sp³-hybridized carbons (Fsp3) is 0.162. The van der Waals surface area contributed by atoms with E-state index in [1.807, 2.05) is 30.3 Å². The van der Waals surface area contributed by atoms with Crippen molar-refractivity contribution in [3.8, 4) is 45.6 Å².